The van der Waals surface area contributed by atoms with Gasteiger partial charge in [-0.3, -0.25) is 4.90 Å². The van der Waals surface area contributed by atoms with E-state index in [-0.39, 0.29) is 0 Å². The molecule has 0 aromatic carbocycles. The zero-order valence-corrected chi connectivity index (χ0v) is 12.3. The predicted octanol–water partition coefficient (Wildman–Crippen LogP) is 0.742. The van der Waals surface area contributed by atoms with Crippen LogP contribution in [0.3, 0.4) is 0 Å². The maximum Gasteiger partial charge on any atom is 0.0589 e. The molecule has 0 aliphatic carbocycles. The van der Waals surface area contributed by atoms with E-state index in [1.807, 2.05) is 0 Å². The van der Waals surface area contributed by atoms with Crippen LogP contribution in [0.4, 0.5) is 0 Å². The van der Waals surface area contributed by atoms with E-state index in [2.05, 4.69) is 43.1 Å². The predicted molar refractivity (Wildman–Crippen MR) is 74.6 cm³/mol. The molecule has 104 valence electrons. The molecule has 4 heteroatoms. The number of ether oxygens (including phenoxy) is 1. The Hall–Kier alpha value is -0.160. The largest absolute Gasteiger partial charge is 0.383 e. The molecule has 17 heavy (non-hydrogen) atoms. The minimum Gasteiger partial charge on any atom is -0.383 e. The smallest absolute Gasteiger partial charge is 0.0589 e. The van der Waals surface area contributed by atoms with Crippen LogP contribution in [-0.4, -0.2) is 76.9 Å². The molecule has 0 saturated carbocycles. The van der Waals surface area contributed by atoms with Gasteiger partial charge < -0.3 is 15.0 Å². The van der Waals surface area contributed by atoms with Crippen LogP contribution >= 0.6 is 0 Å². The van der Waals surface area contributed by atoms with Gasteiger partial charge >= 0.3 is 0 Å². The van der Waals surface area contributed by atoms with Crippen molar-refractivity contribution in [2.75, 3.05) is 67.1 Å². The molecule has 0 heterocycles. The number of likely N-dealkylation sites (N-methyl/N-ethyl adjacent to an activating group) is 1. The summed E-state index contributed by atoms with van der Waals surface area (Å²) in [5.41, 5.74) is 0. The average Bonchev–Trinajstić information content (AvgIpc) is 2.23. The first kappa shape index (κ1) is 16.8. The fourth-order valence-corrected chi connectivity index (χ4v) is 1.70. The van der Waals surface area contributed by atoms with Gasteiger partial charge in [-0.05, 0) is 20.0 Å². The normalized spacial score (nSPS) is 12.0. The van der Waals surface area contributed by atoms with E-state index in [1.165, 1.54) is 0 Å². The zero-order chi connectivity index (χ0) is 13.1. The fraction of sp³-hybridized carbons (Fsp3) is 1.00. The quantitative estimate of drug-likeness (QED) is 0.544. The third-order valence-corrected chi connectivity index (χ3v) is 2.58. The monoisotopic (exact) mass is 245 g/mol. The molecule has 0 fully saturated rings. The summed E-state index contributed by atoms with van der Waals surface area (Å²) < 4.78 is 5.14. The lowest BCUT2D eigenvalue weighted by Gasteiger charge is -2.24. The maximum atomic E-state index is 5.14. The summed E-state index contributed by atoms with van der Waals surface area (Å²) in [7, 11) is 5.97. The highest BCUT2D eigenvalue weighted by Crippen LogP contribution is 1.97. The number of rotatable bonds is 11. The standard InChI is InChI=1S/C13H31N3O/c1-13(2)12-16(10-11-17-5)9-7-14-6-8-15(3)4/h13-14H,6-12H2,1-5H3. The molecule has 0 atom stereocenters. The number of hydrogen-bond donors (Lipinski definition) is 1. The van der Waals surface area contributed by atoms with E-state index in [0.29, 0.717) is 5.92 Å². The van der Waals surface area contributed by atoms with E-state index in [9.17, 15) is 0 Å². The first-order chi connectivity index (χ1) is 8.06. The Morgan fingerprint density at radius 1 is 1.06 bits per heavy atom. The second-order valence-corrected chi connectivity index (χ2v) is 5.24. The van der Waals surface area contributed by atoms with Crippen LogP contribution in [0, 0.1) is 5.92 Å². The van der Waals surface area contributed by atoms with Crippen molar-refractivity contribution in [2.45, 2.75) is 13.8 Å². The van der Waals surface area contributed by atoms with Gasteiger partial charge in [-0.15, -0.1) is 0 Å². The molecular formula is C13H31N3O. The summed E-state index contributed by atoms with van der Waals surface area (Å²) in [5.74, 6) is 0.716. The van der Waals surface area contributed by atoms with Gasteiger partial charge in [0.2, 0.25) is 0 Å². The van der Waals surface area contributed by atoms with Crippen molar-refractivity contribution in [3.05, 3.63) is 0 Å². The van der Waals surface area contributed by atoms with Crippen LogP contribution in [0.25, 0.3) is 0 Å². The van der Waals surface area contributed by atoms with Crippen LogP contribution in [0.2, 0.25) is 0 Å². The van der Waals surface area contributed by atoms with Crippen LogP contribution in [0.15, 0.2) is 0 Å². The highest BCUT2D eigenvalue weighted by atomic mass is 16.5. The van der Waals surface area contributed by atoms with Crippen molar-refractivity contribution in [1.82, 2.24) is 15.1 Å². The molecule has 4 nitrogen and oxygen atoms in total. The molecule has 0 aromatic heterocycles. The van der Waals surface area contributed by atoms with Crippen molar-refractivity contribution in [2.24, 2.45) is 5.92 Å². The molecule has 0 radical (unpaired) electrons. The lowest BCUT2D eigenvalue weighted by atomic mass is 10.2. The summed E-state index contributed by atoms with van der Waals surface area (Å²) in [5, 5.41) is 3.47. The Morgan fingerprint density at radius 3 is 2.24 bits per heavy atom. The van der Waals surface area contributed by atoms with Crippen molar-refractivity contribution in [3.8, 4) is 0 Å². The molecule has 0 aromatic rings. The lowest BCUT2D eigenvalue weighted by Crippen LogP contribution is -2.38. The van der Waals surface area contributed by atoms with Crippen LogP contribution in [0.1, 0.15) is 13.8 Å². The number of nitrogens with one attached hydrogen (secondary N) is 1. The van der Waals surface area contributed by atoms with Gasteiger partial charge in [0.15, 0.2) is 0 Å². The lowest BCUT2D eigenvalue weighted by molar-refractivity contribution is 0.140. The Morgan fingerprint density at radius 2 is 1.71 bits per heavy atom. The summed E-state index contributed by atoms with van der Waals surface area (Å²) in [4.78, 5) is 4.67. The van der Waals surface area contributed by atoms with Crippen LogP contribution in [0.5, 0.6) is 0 Å². The third-order valence-electron chi connectivity index (χ3n) is 2.58. The summed E-state index contributed by atoms with van der Waals surface area (Å²) in [6, 6.07) is 0. The van der Waals surface area contributed by atoms with E-state index >= 15 is 0 Å². The molecule has 0 spiro atoms. The van der Waals surface area contributed by atoms with Gasteiger partial charge in [0.1, 0.15) is 0 Å². The first-order valence-electron chi connectivity index (χ1n) is 6.63. The minimum absolute atomic E-state index is 0.716. The molecule has 0 amide bonds. The molecule has 0 aliphatic rings. The first-order valence-corrected chi connectivity index (χ1v) is 6.63. The van der Waals surface area contributed by atoms with Crippen LogP contribution in [-0.2, 0) is 4.74 Å². The number of methoxy groups -OCH3 is 1. The molecule has 1 N–H and O–H groups in total. The van der Waals surface area contributed by atoms with Crippen molar-refractivity contribution >= 4 is 0 Å². The van der Waals surface area contributed by atoms with E-state index in [0.717, 1.165) is 45.9 Å². The van der Waals surface area contributed by atoms with Gasteiger partial charge in [0, 0.05) is 46.4 Å². The summed E-state index contributed by atoms with van der Waals surface area (Å²) >= 11 is 0. The Balaban J connectivity index is 3.60. The molecular weight excluding hydrogens is 214 g/mol. The second kappa shape index (κ2) is 11.0. The van der Waals surface area contributed by atoms with E-state index in [1.54, 1.807) is 7.11 Å². The van der Waals surface area contributed by atoms with Gasteiger partial charge in [-0.2, -0.15) is 0 Å². The van der Waals surface area contributed by atoms with Crippen molar-refractivity contribution in [1.29, 1.82) is 0 Å². The number of hydrogen-bond acceptors (Lipinski definition) is 4. The van der Waals surface area contributed by atoms with Gasteiger partial charge in [-0.1, -0.05) is 13.8 Å². The second-order valence-electron chi connectivity index (χ2n) is 5.24. The van der Waals surface area contributed by atoms with E-state index < -0.39 is 0 Å². The number of nitrogens with zero attached hydrogens (tertiary/aromatic N) is 2. The molecule has 0 rings (SSSR count). The van der Waals surface area contributed by atoms with Gasteiger partial charge in [0.05, 0.1) is 6.61 Å². The van der Waals surface area contributed by atoms with Crippen molar-refractivity contribution < 1.29 is 4.74 Å². The van der Waals surface area contributed by atoms with Crippen molar-refractivity contribution in [3.63, 3.8) is 0 Å². The van der Waals surface area contributed by atoms with E-state index in [4.69, 9.17) is 4.74 Å². The molecule has 0 unspecified atom stereocenters. The average molecular weight is 245 g/mol. The summed E-state index contributed by atoms with van der Waals surface area (Å²) in [6.45, 7) is 11.9. The SMILES string of the molecule is COCCN(CCNCCN(C)C)CC(C)C. The molecule has 0 saturated heterocycles. The van der Waals surface area contributed by atoms with Gasteiger partial charge in [-0.25, -0.2) is 0 Å². The third kappa shape index (κ3) is 12.1. The minimum atomic E-state index is 0.716. The zero-order valence-electron chi connectivity index (χ0n) is 12.3. The molecule has 0 bridgehead atoms. The van der Waals surface area contributed by atoms with Gasteiger partial charge in [0.25, 0.3) is 0 Å². The topological polar surface area (TPSA) is 27.7 Å². The molecule has 0 aliphatic heterocycles. The Labute approximate surface area is 107 Å². The summed E-state index contributed by atoms with van der Waals surface area (Å²) in [6.07, 6.45) is 0. The Bertz CT molecular complexity index is 163. The Kier molecular flexibility index (Phi) is 10.9. The van der Waals surface area contributed by atoms with Crippen LogP contribution < -0.4 is 5.32 Å². The fourth-order valence-electron chi connectivity index (χ4n) is 1.70. The highest BCUT2D eigenvalue weighted by molar-refractivity contribution is 4.62. The maximum absolute atomic E-state index is 5.14. The highest BCUT2D eigenvalue weighted by Gasteiger charge is 2.06.